The van der Waals surface area contributed by atoms with Gasteiger partial charge < -0.3 is 10.4 Å². The van der Waals surface area contributed by atoms with Crippen LogP contribution >= 0.6 is 11.8 Å². The van der Waals surface area contributed by atoms with Crippen molar-refractivity contribution in [2.45, 2.75) is 44.6 Å². The van der Waals surface area contributed by atoms with Gasteiger partial charge in [-0.15, -0.1) is 0 Å². The number of aliphatic hydroxyl groups is 1. The van der Waals surface area contributed by atoms with E-state index in [0.29, 0.717) is 12.6 Å². The van der Waals surface area contributed by atoms with E-state index in [4.69, 9.17) is 0 Å². The Morgan fingerprint density at radius 2 is 2.07 bits per heavy atom. The third-order valence-corrected chi connectivity index (χ3v) is 5.11. The minimum atomic E-state index is 0.214. The molecule has 3 heteroatoms. The molecular weight excluding hydrogens is 206 g/mol. The van der Waals surface area contributed by atoms with Crippen molar-refractivity contribution in [2.24, 2.45) is 5.41 Å². The molecule has 0 aromatic carbocycles. The van der Waals surface area contributed by atoms with E-state index in [1.54, 1.807) is 0 Å². The Kier molecular flexibility index (Phi) is 4.35. The summed E-state index contributed by atoms with van der Waals surface area (Å²) in [7, 11) is 0. The molecule has 2 N–H and O–H groups in total. The van der Waals surface area contributed by atoms with Crippen LogP contribution in [0.3, 0.4) is 0 Å². The summed E-state index contributed by atoms with van der Waals surface area (Å²) in [5.74, 6) is 2.57. The molecule has 1 saturated carbocycles. The zero-order chi connectivity index (χ0) is 10.6. The summed E-state index contributed by atoms with van der Waals surface area (Å²) in [6.07, 6.45) is 7.73. The zero-order valence-electron chi connectivity index (χ0n) is 9.50. The number of aliphatic hydroxyl groups excluding tert-OH is 1. The Morgan fingerprint density at radius 1 is 1.27 bits per heavy atom. The van der Waals surface area contributed by atoms with Gasteiger partial charge in [-0.2, -0.15) is 11.8 Å². The van der Waals surface area contributed by atoms with Gasteiger partial charge in [-0.3, -0.25) is 0 Å². The smallest absolute Gasteiger partial charge is 0.0499 e. The molecule has 15 heavy (non-hydrogen) atoms. The van der Waals surface area contributed by atoms with Crippen LogP contribution in [0.5, 0.6) is 0 Å². The molecule has 2 aliphatic rings. The van der Waals surface area contributed by atoms with Crippen LogP contribution in [0, 0.1) is 5.41 Å². The highest BCUT2D eigenvalue weighted by Crippen LogP contribution is 2.35. The summed E-state index contributed by atoms with van der Waals surface area (Å²) < 4.78 is 0. The summed E-state index contributed by atoms with van der Waals surface area (Å²) in [5.41, 5.74) is 0.214. The van der Waals surface area contributed by atoms with Gasteiger partial charge in [0, 0.05) is 30.4 Å². The van der Waals surface area contributed by atoms with Crippen LogP contribution in [0.2, 0.25) is 0 Å². The lowest BCUT2D eigenvalue weighted by molar-refractivity contribution is 0.0791. The maximum atomic E-state index is 9.57. The Morgan fingerprint density at radius 3 is 2.67 bits per heavy atom. The van der Waals surface area contributed by atoms with Gasteiger partial charge in [0.2, 0.25) is 0 Å². The molecule has 1 saturated heterocycles. The number of thioether (sulfide) groups is 1. The number of rotatable bonds is 4. The normalized spacial score (nSPS) is 30.6. The molecule has 2 fully saturated rings. The molecule has 0 spiro atoms. The van der Waals surface area contributed by atoms with Gasteiger partial charge in [-0.25, -0.2) is 0 Å². The van der Waals surface area contributed by atoms with Crippen LogP contribution < -0.4 is 5.32 Å². The average molecular weight is 229 g/mol. The second-order valence-electron chi connectivity index (χ2n) is 5.16. The van der Waals surface area contributed by atoms with Crippen LogP contribution in [0.4, 0.5) is 0 Å². The van der Waals surface area contributed by atoms with Crippen LogP contribution in [0.1, 0.15) is 38.5 Å². The van der Waals surface area contributed by atoms with Crippen LogP contribution in [-0.2, 0) is 0 Å². The minimum Gasteiger partial charge on any atom is -0.396 e. The van der Waals surface area contributed by atoms with Crippen molar-refractivity contribution < 1.29 is 5.11 Å². The van der Waals surface area contributed by atoms with Gasteiger partial charge in [0.15, 0.2) is 0 Å². The largest absolute Gasteiger partial charge is 0.396 e. The van der Waals surface area contributed by atoms with E-state index in [0.717, 1.165) is 6.54 Å². The van der Waals surface area contributed by atoms with Gasteiger partial charge in [-0.1, -0.05) is 19.3 Å². The fraction of sp³-hybridized carbons (Fsp3) is 1.00. The van der Waals surface area contributed by atoms with E-state index < -0.39 is 0 Å². The number of hydrogen-bond donors (Lipinski definition) is 2. The first-order valence-corrected chi connectivity index (χ1v) is 7.42. The van der Waals surface area contributed by atoms with Crippen molar-refractivity contribution in [3.63, 3.8) is 0 Å². The maximum absolute atomic E-state index is 9.57. The van der Waals surface area contributed by atoms with Gasteiger partial charge in [0.1, 0.15) is 0 Å². The molecule has 0 aromatic rings. The minimum absolute atomic E-state index is 0.214. The summed E-state index contributed by atoms with van der Waals surface area (Å²) in [5, 5.41) is 13.2. The van der Waals surface area contributed by atoms with Crippen LogP contribution in [0.25, 0.3) is 0 Å². The molecule has 2 nitrogen and oxygen atoms in total. The Hall–Kier alpha value is 0.270. The van der Waals surface area contributed by atoms with Crippen molar-refractivity contribution >= 4 is 11.8 Å². The Bertz CT molecular complexity index is 186. The highest BCUT2D eigenvalue weighted by Gasteiger charge is 2.32. The predicted octanol–water partition coefficient (Wildman–Crippen LogP) is 2.02. The molecule has 1 atom stereocenters. The molecule has 1 aliphatic carbocycles. The lowest BCUT2D eigenvalue weighted by Gasteiger charge is -2.36. The van der Waals surface area contributed by atoms with Crippen molar-refractivity contribution in [3.8, 4) is 0 Å². The SMILES string of the molecule is OCC1(CNC2CCSC2)CCCCC1. The first-order chi connectivity index (χ1) is 7.35. The monoisotopic (exact) mass is 229 g/mol. The molecule has 1 unspecified atom stereocenters. The highest BCUT2D eigenvalue weighted by molar-refractivity contribution is 7.99. The fourth-order valence-electron chi connectivity index (χ4n) is 2.75. The zero-order valence-corrected chi connectivity index (χ0v) is 10.3. The third kappa shape index (κ3) is 3.11. The van der Waals surface area contributed by atoms with E-state index >= 15 is 0 Å². The Labute approximate surface area is 97.2 Å². The first kappa shape index (κ1) is 11.7. The van der Waals surface area contributed by atoms with E-state index in [9.17, 15) is 5.11 Å². The Balaban J connectivity index is 1.78. The molecule has 0 bridgehead atoms. The molecule has 88 valence electrons. The quantitative estimate of drug-likeness (QED) is 0.773. The standard InChI is InChI=1S/C12H23NOS/c14-10-12(5-2-1-3-6-12)9-13-11-4-7-15-8-11/h11,13-14H,1-10H2. The summed E-state index contributed by atoms with van der Waals surface area (Å²) in [6, 6.07) is 0.709. The van der Waals surface area contributed by atoms with Crippen LogP contribution in [-0.4, -0.2) is 35.8 Å². The van der Waals surface area contributed by atoms with Gasteiger partial charge in [0.25, 0.3) is 0 Å². The second-order valence-corrected chi connectivity index (χ2v) is 6.31. The molecule has 2 rings (SSSR count). The predicted molar refractivity (Wildman–Crippen MR) is 66.3 cm³/mol. The lowest BCUT2D eigenvalue weighted by atomic mass is 9.74. The van der Waals surface area contributed by atoms with E-state index in [2.05, 4.69) is 17.1 Å². The molecule has 0 aromatic heterocycles. The first-order valence-electron chi connectivity index (χ1n) is 6.27. The summed E-state index contributed by atoms with van der Waals surface area (Å²) in [4.78, 5) is 0. The van der Waals surface area contributed by atoms with E-state index in [-0.39, 0.29) is 5.41 Å². The van der Waals surface area contributed by atoms with E-state index in [1.807, 2.05) is 0 Å². The molecular formula is C12H23NOS. The van der Waals surface area contributed by atoms with Gasteiger partial charge >= 0.3 is 0 Å². The van der Waals surface area contributed by atoms with Crippen molar-refractivity contribution in [2.75, 3.05) is 24.7 Å². The van der Waals surface area contributed by atoms with E-state index in [1.165, 1.54) is 50.0 Å². The van der Waals surface area contributed by atoms with Gasteiger partial charge in [0.05, 0.1) is 0 Å². The maximum Gasteiger partial charge on any atom is 0.0499 e. The summed E-state index contributed by atoms with van der Waals surface area (Å²) in [6.45, 7) is 1.41. The van der Waals surface area contributed by atoms with Crippen molar-refractivity contribution in [1.82, 2.24) is 5.32 Å². The highest BCUT2D eigenvalue weighted by atomic mass is 32.2. The molecule has 1 aliphatic heterocycles. The third-order valence-electron chi connectivity index (χ3n) is 3.95. The number of nitrogens with one attached hydrogen (secondary N) is 1. The lowest BCUT2D eigenvalue weighted by Crippen LogP contribution is -2.43. The topological polar surface area (TPSA) is 32.3 Å². The fourth-order valence-corrected chi connectivity index (χ4v) is 3.94. The van der Waals surface area contributed by atoms with Crippen molar-refractivity contribution in [3.05, 3.63) is 0 Å². The van der Waals surface area contributed by atoms with Crippen LogP contribution in [0.15, 0.2) is 0 Å². The van der Waals surface area contributed by atoms with Crippen molar-refractivity contribution in [1.29, 1.82) is 0 Å². The molecule has 0 radical (unpaired) electrons. The summed E-state index contributed by atoms with van der Waals surface area (Å²) >= 11 is 2.05. The second kappa shape index (κ2) is 5.55. The van der Waals surface area contributed by atoms with Gasteiger partial charge in [-0.05, 0) is 25.0 Å². The molecule has 0 amide bonds. The average Bonchev–Trinajstić information content (AvgIpc) is 2.81. The molecule has 1 heterocycles. The number of hydrogen-bond acceptors (Lipinski definition) is 3.